The number of fused-ring (bicyclic) bond motifs is 3. The van der Waals surface area contributed by atoms with Gasteiger partial charge in [0, 0.05) is 25.7 Å². The molecule has 2 bridgehead atoms. The molecular formula is C22H30F3N3O3S. The highest BCUT2D eigenvalue weighted by Crippen LogP contribution is 2.40. The maximum atomic E-state index is 12.4. The van der Waals surface area contributed by atoms with E-state index < -0.39 is 22.9 Å². The summed E-state index contributed by atoms with van der Waals surface area (Å²) in [4.78, 5) is 2.34. The molecule has 2 aliphatic carbocycles. The number of hydrogen-bond donors (Lipinski definition) is 2. The van der Waals surface area contributed by atoms with Crippen molar-refractivity contribution < 1.29 is 26.3 Å². The van der Waals surface area contributed by atoms with Gasteiger partial charge in [-0.05, 0) is 54.2 Å². The van der Waals surface area contributed by atoms with Gasteiger partial charge in [-0.3, -0.25) is 4.90 Å². The number of hydrogen-bond acceptors (Lipinski definition) is 4. The molecule has 0 amide bonds. The maximum Gasteiger partial charge on any atom is 0.402 e. The number of benzene rings is 1. The lowest BCUT2D eigenvalue weighted by Crippen LogP contribution is -2.49. The van der Waals surface area contributed by atoms with E-state index in [1.54, 1.807) is 4.72 Å². The molecule has 10 heteroatoms. The van der Waals surface area contributed by atoms with Crippen LogP contribution in [0.3, 0.4) is 0 Å². The Kier molecular flexibility index (Phi) is 7.26. The van der Waals surface area contributed by atoms with Crippen molar-refractivity contribution >= 4 is 16.3 Å². The van der Waals surface area contributed by atoms with Gasteiger partial charge in [-0.2, -0.15) is 31.0 Å². The van der Waals surface area contributed by atoms with Gasteiger partial charge in [-0.1, -0.05) is 30.4 Å². The molecule has 3 atom stereocenters. The van der Waals surface area contributed by atoms with Crippen LogP contribution in [0.4, 0.5) is 13.2 Å². The van der Waals surface area contributed by atoms with Crippen molar-refractivity contribution in [3.05, 3.63) is 41.0 Å². The molecule has 0 radical (unpaired) electrons. The van der Waals surface area contributed by atoms with Gasteiger partial charge in [0.2, 0.25) is 0 Å². The molecule has 1 heterocycles. The Hall–Kier alpha value is -1.46. The molecule has 1 saturated heterocycles. The minimum atomic E-state index is -4.58. The summed E-state index contributed by atoms with van der Waals surface area (Å²) < 4.78 is 71.3. The largest absolute Gasteiger partial charge is 0.402 e. The Labute approximate surface area is 187 Å². The summed E-state index contributed by atoms with van der Waals surface area (Å²) >= 11 is 0. The third-order valence-corrected chi connectivity index (χ3v) is 7.76. The lowest BCUT2D eigenvalue weighted by Gasteiger charge is -2.25. The second-order valence-electron chi connectivity index (χ2n) is 8.93. The number of ether oxygens (including phenoxy) is 1. The van der Waals surface area contributed by atoms with Crippen LogP contribution < -0.4 is 9.44 Å². The summed E-state index contributed by atoms with van der Waals surface area (Å²) in [6.07, 6.45) is 2.88. The first-order valence-electron chi connectivity index (χ1n) is 11.1. The van der Waals surface area contributed by atoms with Crippen molar-refractivity contribution in [1.29, 1.82) is 0 Å². The number of nitrogens with one attached hydrogen (secondary N) is 2. The fourth-order valence-electron chi connectivity index (χ4n) is 5.05. The van der Waals surface area contributed by atoms with Crippen molar-refractivity contribution in [2.24, 2.45) is 11.8 Å². The summed E-state index contributed by atoms with van der Waals surface area (Å²) in [6, 6.07) is 6.00. The number of morpholine rings is 1. The summed E-state index contributed by atoms with van der Waals surface area (Å²) in [5.74, 6) is 0.169. The summed E-state index contributed by atoms with van der Waals surface area (Å²) in [7, 11) is -4.22. The molecule has 2 fully saturated rings. The van der Waals surface area contributed by atoms with Gasteiger partial charge in [-0.15, -0.1) is 0 Å². The first kappa shape index (κ1) is 23.7. The van der Waals surface area contributed by atoms with Crippen LogP contribution in [0, 0.1) is 11.8 Å². The Balaban J connectivity index is 1.40. The highest BCUT2D eigenvalue weighted by atomic mass is 32.2. The first-order valence-corrected chi connectivity index (χ1v) is 12.6. The quantitative estimate of drug-likeness (QED) is 0.639. The van der Waals surface area contributed by atoms with Crippen LogP contribution >= 0.6 is 0 Å². The zero-order chi connectivity index (χ0) is 22.8. The molecule has 0 unspecified atom stereocenters. The van der Waals surface area contributed by atoms with Crippen LogP contribution in [-0.2, 0) is 27.8 Å². The second-order valence-corrected chi connectivity index (χ2v) is 10.5. The third-order valence-electron chi connectivity index (χ3n) is 6.65. The van der Waals surface area contributed by atoms with E-state index in [0.29, 0.717) is 0 Å². The lowest BCUT2D eigenvalue weighted by molar-refractivity contribution is -0.121. The average molecular weight is 474 g/mol. The minimum Gasteiger partial charge on any atom is -0.379 e. The molecule has 4 rings (SSSR count). The van der Waals surface area contributed by atoms with Gasteiger partial charge in [0.25, 0.3) is 10.2 Å². The van der Waals surface area contributed by atoms with Gasteiger partial charge in [0.05, 0.1) is 13.2 Å². The number of halogens is 3. The van der Waals surface area contributed by atoms with E-state index in [0.717, 1.165) is 64.1 Å². The molecule has 6 nitrogen and oxygen atoms in total. The smallest absolute Gasteiger partial charge is 0.379 e. The maximum absolute atomic E-state index is 12.4. The molecule has 32 heavy (non-hydrogen) atoms. The second kappa shape index (κ2) is 9.80. The fourth-order valence-corrected chi connectivity index (χ4v) is 6.23. The van der Waals surface area contributed by atoms with Crippen LogP contribution in [0.25, 0.3) is 6.08 Å². The fraction of sp³-hybridized carbons (Fsp3) is 0.636. The molecular weight excluding hydrogens is 443 g/mol. The Morgan fingerprint density at radius 1 is 1.09 bits per heavy atom. The average Bonchev–Trinajstić information content (AvgIpc) is 3.01. The van der Waals surface area contributed by atoms with E-state index >= 15 is 0 Å². The van der Waals surface area contributed by atoms with Crippen molar-refractivity contribution in [3.63, 3.8) is 0 Å². The van der Waals surface area contributed by atoms with E-state index in [1.807, 2.05) is 0 Å². The molecule has 1 aromatic carbocycles. The summed E-state index contributed by atoms with van der Waals surface area (Å²) in [6.45, 7) is 2.72. The van der Waals surface area contributed by atoms with E-state index in [1.165, 1.54) is 11.1 Å². The van der Waals surface area contributed by atoms with Crippen LogP contribution in [-0.4, -0.2) is 64.9 Å². The minimum absolute atomic E-state index is 0.0799. The van der Waals surface area contributed by atoms with Crippen LogP contribution in [0.1, 0.15) is 29.5 Å². The molecule has 0 spiro atoms. The predicted molar refractivity (Wildman–Crippen MR) is 116 cm³/mol. The Morgan fingerprint density at radius 2 is 1.78 bits per heavy atom. The van der Waals surface area contributed by atoms with Crippen molar-refractivity contribution in [1.82, 2.24) is 14.3 Å². The van der Waals surface area contributed by atoms with Gasteiger partial charge < -0.3 is 4.74 Å². The number of alkyl halides is 3. The van der Waals surface area contributed by atoms with Crippen molar-refractivity contribution in [3.8, 4) is 0 Å². The van der Waals surface area contributed by atoms with Gasteiger partial charge >= 0.3 is 6.18 Å². The van der Waals surface area contributed by atoms with E-state index in [9.17, 15) is 21.6 Å². The van der Waals surface area contributed by atoms with E-state index in [2.05, 4.69) is 40.0 Å². The standard InChI is InChI=1S/C22H30F3N3O3S/c23-22(24,25)15-26-32(29,30)27-21-18-5-6-19(21)14-20-12-16(3-4-17(20)13-18)2-1-7-28-8-10-31-11-9-28/h1-4,12,18-19,21,26-27H,5-11,13-15H2/t18-,19+,21+/m0/s1. The van der Waals surface area contributed by atoms with E-state index in [-0.39, 0.29) is 17.9 Å². The molecule has 2 N–H and O–H groups in total. The normalized spacial score (nSPS) is 26.9. The summed E-state index contributed by atoms with van der Waals surface area (Å²) in [5.41, 5.74) is 3.52. The molecule has 1 aliphatic heterocycles. The van der Waals surface area contributed by atoms with E-state index in [4.69, 9.17) is 4.74 Å². The van der Waals surface area contributed by atoms with Crippen molar-refractivity contribution in [2.45, 2.75) is 37.9 Å². The number of nitrogens with zero attached hydrogens (tertiary/aromatic N) is 1. The van der Waals surface area contributed by atoms with Gasteiger partial charge in [-0.25, -0.2) is 0 Å². The monoisotopic (exact) mass is 473 g/mol. The topological polar surface area (TPSA) is 70.7 Å². The molecule has 0 aromatic heterocycles. The van der Waals surface area contributed by atoms with Gasteiger partial charge in [0.1, 0.15) is 6.54 Å². The molecule has 178 valence electrons. The number of rotatable bonds is 7. The van der Waals surface area contributed by atoms with Crippen LogP contribution in [0.5, 0.6) is 0 Å². The lowest BCUT2D eigenvalue weighted by atomic mass is 9.92. The SMILES string of the molecule is O=S(=O)(NCC(F)(F)F)N[C@H]1[C@@H]2CC[C@H]1Cc1ccc(C=CCN3CCOCC3)cc1C2. The van der Waals surface area contributed by atoms with Crippen LogP contribution in [0.2, 0.25) is 0 Å². The molecule has 3 aliphatic rings. The summed E-state index contributed by atoms with van der Waals surface area (Å²) in [5, 5.41) is 0. The van der Waals surface area contributed by atoms with Crippen molar-refractivity contribution in [2.75, 3.05) is 39.4 Å². The van der Waals surface area contributed by atoms with Crippen LogP contribution in [0.15, 0.2) is 24.3 Å². The van der Waals surface area contributed by atoms with Gasteiger partial charge in [0.15, 0.2) is 0 Å². The predicted octanol–water partition coefficient (Wildman–Crippen LogP) is 2.51. The zero-order valence-electron chi connectivity index (χ0n) is 17.9. The third kappa shape index (κ3) is 6.32. The zero-order valence-corrected chi connectivity index (χ0v) is 18.7. The molecule has 1 saturated carbocycles. The highest BCUT2D eigenvalue weighted by molar-refractivity contribution is 7.87. The first-order chi connectivity index (χ1) is 15.2. The highest BCUT2D eigenvalue weighted by Gasteiger charge is 2.41. The Bertz CT molecular complexity index is 930. The Morgan fingerprint density at radius 3 is 2.47 bits per heavy atom. The molecule has 1 aromatic rings.